The highest BCUT2D eigenvalue weighted by atomic mass is 16.5. The quantitative estimate of drug-likeness (QED) is 0.673. The summed E-state index contributed by atoms with van der Waals surface area (Å²) in [7, 11) is 2.20. The monoisotopic (exact) mass is 405 g/mol. The minimum absolute atomic E-state index is 0.127. The van der Waals surface area contributed by atoms with Crippen molar-refractivity contribution in [1.29, 1.82) is 0 Å². The zero-order chi connectivity index (χ0) is 20.6. The van der Waals surface area contributed by atoms with Crippen molar-refractivity contribution >= 4 is 5.91 Å². The van der Waals surface area contributed by atoms with Crippen LogP contribution in [0.3, 0.4) is 0 Å². The minimum Gasteiger partial charge on any atom is -0.490 e. The molecule has 0 bridgehead atoms. The number of hydrogen-bond acceptors (Lipinski definition) is 6. The Kier molecular flexibility index (Phi) is 8.29. The van der Waals surface area contributed by atoms with Crippen LogP contribution in [0.5, 0.6) is 5.75 Å². The van der Waals surface area contributed by atoms with Crippen LogP contribution in [0.4, 0.5) is 0 Å². The van der Waals surface area contributed by atoms with E-state index in [1.165, 1.54) is 30.8 Å². The van der Waals surface area contributed by atoms with Crippen LogP contribution in [0.15, 0.2) is 24.3 Å². The largest absolute Gasteiger partial charge is 0.490 e. The van der Waals surface area contributed by atoms with Gasteiger partial charge in [-0.1, -0.05) is 6.07 Å². The number of nitrogens with zero attached hydrogens (tertiary/aromatic N) is 3. The van der Waals surface area contributed by atoms with Gasteiger partial charge in [0.1, 0.15) is 11.9 Å². The van der Waals surface area contributed by atoms with Gasteiger partial charge in [-0.3, -0.25) is 4.79 Å². The third-order valence-electron chi connectivity index (χ3n) is 6.09. The van der Waals surface area contributed by atoms with Gasteiger partial charge in [0.2, 0.25) is 0 Å². The Balaban J connectivity index is 1.52. The SMILES string of the molecule is CN1CCC(N2CCC(Oc3cccc(C(=O)N(CCO)CCO)c3)CC2)CC1. The van der Waals surface area contributed by atoms with Gasteiger partial charge in [0.05, 0.1) is 13.2 Å². The predicted octanol–water partition coefficient (Wildman–Crippen LogP) is 1.05. The number of carbonyl (C=O) groups is 1. The molecule has 1 amide bonds. The molecule has 0 spiro atoms. The van der Waals surface area contributed by atoms with Gasteiger partial charge in [-0.05, 0) is 64.0 Å². The lowest BCUT2D eigenvalue weighted by Gasteiger charge is -2.41. The molecule has 0 unspecified atom stereocenters. The summed E-state index contributed by atoms with van der Waals surface area (Å²) in [4.78, 5) is 19.1. The fraction of sp³-hybridized carbons (Fsp3) is 0.682. The Morgan fingerprint density at radius 3 is 2.34 bits per heavy atom. The van der Waals surface area contributed by atoms with Gasteiger partial charge >= 0.3 is 0 Å². The summed E-state index contributed by atoms with van der Waals surface area (Å²) in [5.41, 5.74) is 0.521. The highest BCUT2D eigenvalue weighted by molar-refractivity contribution is 5.94. The Hall–Kier alpha value is -1.67. The number of hydrogen-bond donors (Lipinski definition) is 2. The maximum atomic E-state index is 12.6. The summed E-state index contributed by atoms with van der Waals surface area (Å²) in [6, 6.07) is 7.94. The molecule has 0 aliphatic carbocycles. The summed E-state index contributed by atoms with van der Waals surface area (Å²) in [6.45, 7) is 4.67. The van der Waals surface area contributed by atoms with Crippen molar-refractivity contribution in [1.82, 2.24) is 14.7 Å². The van der Waals surface area contributed by atoms with Crippen LogP contribution in [0.2, 0.25) is 0 Å². The van der Waals surface area contributed by atoms with Gasteiger partial charge in [0, 0.05) is 37.8 Å². The van der Waals surface area contributed by atoms with Gasteiger partial charge in [0.25, 0.3) is 5.91 Å². The smallest absolute Gasteiger partial charge is 0.254 e. The van der Waals surface area contributed by atoms with Crippen LogP contribution in [-0.4, -0.2) is 102 Å². The van der Waals surface area contributed by atoms with E-state index in [0.29, 0.717) is 17.4 Å². The molecule has 0 atom stereocenters. The standard InChI is InChI=1S/C22H35N3O4/c1-23-9-5-19(6-10-23)24-11-7-20(8-12-24)29-21-4-2-3-18(17-21)22(28)25(13-15-26)14-16-27/h2-4,17,19-20,26-27H,5-16H2,1H3. The molecule has 0 radical (unpaired) electrons. The zero-order valence-electron chi connectivity index (χ0n) is 17.5. The first-order valence-electron chi connectivity index (χ1n) is 10.8. The molecule has 1 aromatic carbocycles. The van der Waals surface area contributed by atoms with Crippen LogP contribution in [-0.2, 0) is 0 Å². The Bertz CT molecular complexity index is 635. The molecule has 3 rings (SSSR count). The number of amides is 1. The van der Waals surface area contributed by atoms with E-state index >= 15 is 0 Å². The molecule has 1 aromatic rings. The molecule has 2 N–H and O–H groups in total. The lowest BCUT2D eigenvalue weighted by molar-refractivity contribution is 0.0524. The molecule has 7 heteroatoms. The summed E-state index contributed by atoms with van der Waals surface area (Å²) in [6.07, 6.45) is 4.69. The molecule has 7 nitrogen and oxygen atoms in total. The Morgan fingerprint density at radius 2 is 1.72 bits per heavy atom. The average Bonchev–Trinajstić information content (AvgIpc) is 2.74. The number of carbonyl (C=O) groups excluding carboxylic acids is 1. The van der Waals surface area contributed by atoms with Gasteiger partial charge in [-0.15, -0.1) is 0 Å². The predicted molar refractivity (Wildman–Crippen MR) is 112 cm³/mol. The molecule has 0 aromatic heterocycles. The van der Waals surface area contributed by atoms with E-state index in [2.05, 4.69) is 16.8 Å². The Labute approximate surface area is 173 Å². The van der Waals surface area contributed by atoms with E-state index in [0.717, 1.165) is 25.9 Å². The molecular formula is C22H35N3O4. The molecule has 162 valence electrons. The van der Waals surface area contributed by atoms with Crippen LogP contribution in [0.25, 0.3) is 0 Å². The molecule has 2 aliphatic rings. The molecule has 2 aliphatic heterocycles. The van der Waals surface area contributed by atoms with Crippen molar-refractivity contribution in [2.24, 2.45) is 0 Å². The maximum absolute atomic E-state index is 12.6. The van der Waals surface area contributed by atoms with E-state index in [-0.39, 0.29) is 38.3 Å². The molecule has 0 saturated carbocycles. The first kappa shape index (κ1) is 22.0. The number of aliphatic hydroxyl groups is 2. The molecule has 2 saturated heterocycles. The van der Waals surface area contributed by atoms with Crippen LogP contribution in [0, 0.1) is 0 Å². The number of benzene rings is 1. The first-order valence-corrected chi connectivity index (χ1v) is 10.8. The number of piperidine rings is 2. The number of likely N-dealkylation sites (tertiary alicyclic amines) is 2. The molecule has 2 fully saturated rings. The minimum atomic E-state index is -0.198. The third kappa shape index (κ3) is 6.15. The van der Waals surface area contributed by atoms with Gasteiger partial charge < -0.3 is 29.6 Å². The van der Waals surface area contributed by atoms with Crippen molar-refractivity contribution in [3.63, 3.8) is 0 Å². The van der Waals surface area contributed by atoms with Crippen LogP contribution in [0.1, 0.15) is 36.0 Å². The first-order chi connectivity index (χ1) is 14.1. The van der Waals surface area contributed by atoms with Crippen molar-refractivity contribution in [3.8, 4) is 5.75 Å². The normalized spacial score (nSPS) is 20.0. The van der Waals surface area contributed by atoms with Gasteiger partial charge in [-0.2, -0.15) is 0 Å². The second-order valence-corrected chi connectivity index (χ2v) is 8.15. The number of ether oxygens (including phenoxy) is 1. The lowest BCUT2D eigenvalue weighted by Crippen LogP contribution is -2.48. The van der Waals surface area contributed by atoms with Crippen LogP contribution < -0.4 is 4.74 Å². The van der Waals surface area contributed by atoms with E-state index < -0.39 is 0 Å². The highest BCUT2D eigenvalue weighted by Gasteiger charge is 2.28. The summed E-state index contributed by atoms with van der Waals surface area (Å²) < 4.78 is 6.19. The fourth-order valence-corrected chi connectivity index (χ4v) is 4.35. The summed E-state index contributed by atoms with van der Waals surface area (Å²) >= 11 is 0. The Morgan fingerprint density at radius 1 is 1.07 bits per heavy atom. The van der Waals surface area contributed by atoms with Crippen molar-refractivity contribution in [3.05, 3.63) is 29.8 Å². The van der Waals surface area contributed by atoms with Crippen LogP contribution >= 0.6 is 0 Å². The maximum Gasteiger partial charge on any atom is 0.254 e. The van der Waals surface area contributed by atoms with Crippen molar-refractivity contribution in [2.45, 2.75) is 37.8 Å². The average molecular weight is 406 g/mol. The second kappa shape index (κ2) is 10.9. The van der Waals surface area contributed by atoms with Gasteiger partial charge in [0.15, 0.2) is 0 Å². The zero-order valence-corrected chi connectivity index (χ0v) is 17.5. The van der Waals surface area contributed by atoms with Gasteiger partial charge in [-0.25, -0.2) is 0 Å². The van der Waals surface area contributed by atoms with E-state index in [1.807, 2.05) is 12.1 Å². The third-order valence-corrected chi connectivity index (χ3v) is 6.09. The highest BCUT2D eigenvalue weighted by Crippen LogP contribution is 2.24. The van der Waals surface area contributed by atoms with E-state index in [1.54, 1.807) is 12.1 Å². The second-order valence-electron chi connectivity index (χ2n) is 8.15. The van der Waals surface area contributed by atoms with E-state index in [9.17, 15) is 4.79 Å². The molecular weight excluding hydrogens is 370 g/mol. The molecule has 29 heavy (non-hydrogen) atoms. The van der Waals surface area contributed by atoms with E-state index in [4.69, 9.17) is 14.9 Å². The number of aliphatic hydroxyl groups excluding tert-OH is 2. The fourth-order valence-electron chi connectivity index (χ4n) is 4.35. The summed E-state index contributed by atoms with van der Waals surface area (Å²) in [5.74, 6) is 0.511. The number of rotatable bonds is 8. The van der Waals surface area contributed by atoms with Crippen molar-refractivity contribution < 1.29 is 19.7 Å². The summed E-state index contributed by atoms with van der Waals surface area (Å²) in [5, 5.41) is 18.3. The topological polar surface area (TPSA) is 76.5 Å². The van der Waals surface area contributed by atoms with Crippen molar-refractivity contribution in [2.75, 3.05) is 59.5 Å². The molecule has 2 heterocycles. The lowest BCUT2D eigenvalue weighted by atomic mass is 9.99.